The molecular weight excluding hydrogens is 178 g/mol. The summed E-state index contributed by atoms with van der Waals surface area (Å²) < 4.78 is 5.39. The van der Waals surface area contributed by atoms with E-state index in [0.29, 0.717) is 12.4 Å². The van der Waals surface area contributed by atoms with Crippen molar-refractivity contribution in [2.75, 3.05) is 19.8 Å². The van der Waals surface area contributed by atoms with Gasteiger partial charge in [-0.3, -0.25) is 0 Å². The SMILES string of the molecule is Cc1c(O)cccc1[C@H]1COCCN1. The maximum Gasteiger partial charge on any atom is 0.118 e. The molecule has 1 heterocycles. The van der Waals surface area contributed by atoms with Crippen LogP contribution in [0.5, 0.6) is 5.75 Å². The Kier molecular flexibility index (Phi) is 2.70. The lowest BCUT2D eigenvalue weighted by Crippen LogP contribution is -2.34. The van der Waals surface area contributed by atoms with Crippen molar-refractivity contribution in [1.82, 2.24) is 5.32 Å². The van der Waals surface area contributed by atoms with E-state index in [1.165, 1.54) is 0 Å². The fraction of sp³-hybridized carbons (Fsp3) is 0.455. The Balaban J connectivity index is 2.26. The van der Waals surface area contributed by atoms with Crippen LogP contribution in [0.1, 0.15) is 17.2 Å². The van der Waals surface area contributed by atoms with Crippen molar-refractivity contribution in [3.63, 3.8) is 0 Å². The number of hydrogen-bond acceptors (Lipinski definition) is 3. The molecule has 0 aromatic heterocycles. The quantitative estimate of drug-likeness (QED) is 0.707. The summed E-state index contributed by atoms with van der Waals surface area (Å²) in [5.41, 5.74) is 2.07. The molecule has 3 nitrogen and oxygen atoms in total. The Bertz CT molecular complexity index is 319. The molecule has 2 N–H and O–H groups in total. The number of nitrogens with one attached hydrogen (secondary N) is 1. The number of benzene rings is 1. The normalized spacial score (nSPS) is 22.2. The van der Waals surface area contributed by atoms with Crippen LogP contribution in [0.3, 0.4) is 0 Å². The molecule has 1 saturated heterocycles. The molecule has 2 rings (SSSR count). The smallest absolute Gasteiger partial charge is 0.118 e. The van der Waals surface area contributed by atoms with E-state index in [2.05, 4.69) is 5.32 Å². The van der Waals surface area contributed by atoms with Crippen LogP contribution in [0.4, 0.5) is 0 Å². The van der Waals surface area contributed by atoms with Gasteiger partial charge in [-0.05, 0) is 24.1 Å². The monoisotopic (exact) mass is 193 g/mol. The third-order valence-electron chi connectivity index (χ3n) is 2.64. The molecule has 0 amide bonds. The minimum absolute atomic E-state index is 0.218. The van der Waals surface area contributed by atoms with Crippen LogP contribution in [0.2, 0.25) is 0 Å². The summed E-state index contributed by atoms with van der Waals surface area (Å²) in [5, 5.41) is 12.9. The van der Waals surface area contributed by atoms with Gasteiger partial charge in [0.05, 0.1) is 19.3 Å². The topological polar surface area (TPSA) is 41.5 Å². The zero-order valence-corrected chi connectivity index (χ0v) is 8.29. The van der Waals surface area contributed by atoms with Gasteiger partial charge < -0.3 is 15.2 Å². The van der Waals surface area contributed by atoms with Crippen molar-refractivity contribution in [3.8, 4) is 5.75 Å². The van der Waals surface area contributed by atoms with Crippen molar-refractivity contribution in [3.05, 3.63) is 29.3 Å². The van der Waals surface area contributed by atoms with Crippen LogP contribution in [-0.2, 0) is 4.74 Å². The van der Waals surface area contributed by atoms with E-state index in [1.54, 1.807) is 6.07 Å². The first-order chi connectivity index (χ1) is 6.79. The number of aromatic hydroxyl groups is 1. The van der Waals surface area contributed by atoms with Gasteiger partial charge in [-0.15, -0.1) is 0 Å². The van der Waals surface area contributed by atoms with E-state index in [0.717, 1.165) is 24.3 Å². The molecule has 14 heavy (non-hydrogen) atoms. The Morgan fingerprint density at radius 1 is 1.50 bits per heavy atom. The van der Waals surface area contributed by atoms with Gasteiger partial charge in [0.2, 0.25) is 0 Å². The van der Waals surface area contributed by atoms with Gasteiger partial charge in [-0.2, -0.15) is 0 Å². The number of hydrogen-bond donors (Lipinski definition) is 2. The standard InChI is InChI=1S/C11H15NO2/c1-8-9(3-2-4-11(8)13)10-7-14-6-5-12-10/h2-4,10,12-13H,5-7H2,1H3/t10-/m1/s1. The Morgan fingerprint density at radius 3 is 3.07 bits per heavy atom. The molecule has 0 spiro atoms. The molecule has 1 fully saturated rings. The fourth-order valence-electron chi connectivity index (χ4n) is 1.78. The average Bonchev–Trinajstić information content (AvgIpc) is 2.23. The predicted octanol–water partition coefficient (Wildman–Crippen LogP) is 1.36. The molecule has 1 aromatic rings. The van der Waals surface area contributed by atoms with E-state index >= 15 is 0 Å². The zero-order valence-electron chi connectivity index (χ0n) is 8.29. The minimum Gasteiger partial charge on any atom is -0.508 e. The van der Waals surface area contributed by atoms with Gasteiger partial charge in [0.15, 0.2) is 0 Å². The number of morpholine rings is 1. The lowest BCUT2D eigenvalue weighted by Gasteiger charge is -2.25. The van der Waals surface area contributed by atoms with E-state index < -0.39 is 0 Å². The molecule has 0 radical (unpaired) electrons. The van der Waals surface area contributed by atoms with Gasteiger partial charge in [0.1, 0.15) is 5.75 Å². The lowest BCUT2D eigenvalue weighted by atomic mass is 10.0. The highest BCUT2D eigenvalue weighted by Crippen LogP contribution is 2.25. The minimum atomic E-state index is 0.218. The summed E-state index contributed by atoms with van der Waals surface area (Å²) in [7, 11) is 0. The zero-order chi connectivity index (χ0) is 9.97. The molecule has 0 saturated carbocycles. The van der Waals surface area contributed by atoms with Crippen molar-refractivity contribution >= 4 is 0 Å². The molecule has 0 bridgehead atoms. The largest absolute Gasteiger partial charge is 0.508 e. The summed E-state index contributed by atoms with van der Waals surface area (Å²) >= 11 is 0. The van der Waals surface area contributed by atoms with Crippen LogP contribution in [0.15, 0.2) is 18.2 Å². The summed E-state index contributed by atoms with van der Waals surface area (Å²) in [6.07, 6.45) is 0. The summed E-state index contributed by atoms with van der Waals surface area (Å²) in [5.74, 6) is 0.356. The van der Waals surface area contributed by atoms with Crippen LogP contribution >= 0.6 is 0 Å². The molecule has 0 unspecified atom stereocenters. The highest BCUT2D eigenvalue weighted by Gasteiger charge is 2.17. The summed E-state index contributed by atoms with van der Waals surface area (Å²) in [6.45, 7) is 4.26. The van der Waals surface area contributed by atoms with E-state index in [1.807, 2.05) is 19.1 Å². The highest BCUT2D eigenvalue weighted by atomic mass is 16.5. The van der Waals surface area contributed by atoms with Crippen LogP contribution in [0, 0.1) is 6.92 Å². The molecule has 0 aliphatic carbocycles. The first-order valence-electron chi connectivity index (χ1n) is 4.88. The number of phenolic OH excluding ortho intramolecular Hbond substituents is 1. The predicted molar refractivity (Wildman–Crippen MR) is 54.4 cm³/mol. The molecule has 1 atom stereocenters. The fourth-order valence-corrected chi connectivity index (χ4v) is 1.78. The van der Waals surface area contributed by atoms with Crippen LogP contribution < -0.4 is 5.32 Å². The maximum absolute atomic E-state index is 9.56. The third kappa shape index (κ3) is 1.74. The number of rotatable bonds is 1. The summed E-state index contributed by atoms with van der Waals surface area (Å²) in [4.78, 5) is 0. The highest BCUT2D eigenvalue weighted by molar-refractivity contribution is 5.39. The lowest BCUT2D eigenvalue weighted by molar-refractivity contribution is 0.0766. The maximum atomic E-state index is 9.56. The Morgan fingerprint density at radius 2 is 2.36 bits per heavy atom. The van der Waals surface area contributed by atoms with Crippen LogP contribution in [0.25, 0.3) is 0 Å². The van der Waals surface area contributed by atoms with Crippen molar-refractivity contribution in [2.24, 2.45) is 0 Å². The van der Waals surface area contributed by atoms with E-state index in [9.17, 15) is 5.11 Å². The molecule has 1 aliphatic rings. The molecule has 1 aliphatic heterocycles. The van der Waals surface area contributed by atoms with Gasteiger partial charge in [0, 0.05) is 6.54 Å². The van der Waals surface area contributed by atoms with Crippen LogP contribution in [-0.4, -0.2) is 24.9 Å². The first kappa shape index (κ1) is 9.49. The van der Waals surface area contributed by atoms with Crippen molar-refractivity contribution < 1.29 is 9.84 Å². The first-order valence-corrected chi connectivity index (χ1v) is 4.88. The number of phenols is 1. The molecular formula is C11H15NO2. The van der Waals surface area contributed by atoms with Crippen molar-refractivity contribution in [1.29, 1.82) is 0 Å². The molecule has 1 aromatic carbocycles. The van der Waals surface area contributed by atoms with E-state index in [-0.39, 0.29) is 6.04 Å². The van der Waals surface area contributed by atoms with Gasteiger partial charge in [-0.1, -0.05) is 12.1 Å². The van der Waals surface area contributed by atoms with Gasteiger partial charge >= 0.3 is 0 Å². The molecule has 76 valence electrons. The second-order valence-corrected chi connectivity index (χ2v) is 3.57. The Labute approximate surface area is 83.7 Å². The number of ether oxygens (including phenoxy) is 1. The second-order valence-electron chi connectivity index (χ2n) is 3.57. The van der Waals surface area contributed by atoms with Gasteiger partial charge in [0.25, 0.3) is 0 Å². The Hall–Kier alpha value is -1.06. The van der Waals surface area contributed by atoms with E-state index in [4.69, 9.17) is 4.74 Å². The molecule has 3 heteroatoms. The van der Waals surface area contributed by atoms with Gasteiger partial charge in [-0.25, -0.2) is 0 Å². The van der Waals surface area contributed by atoms with Crippen molar-refractivity contribution in [2.45, 2.75) is 13.0 Å². The second kappa shape index (κ2) is 3.98. The average molecular weight is 193 g/mol. The third-order valence-corrected chi connectivity index (χ3v) is 2.64. The summed E-state index contributed by atoms with van der Waals surface area (Å²) in [6, 6.07) is 5.83.